The minimum atomic E-state index is 0.116. The predicted octanol–water partition coefficient (Wildman–Crippen LogP) is 1.20. The van der Waals surface area contributed by atoms with Gasteiger partial charge in [0, 0.05) is 18.8 Å². The molecule has 1 unspecified atom stereocenters. The minimum absolute atomic E-state index is 0.116. The number of hydrogen-bond acceptors (Lipinski definition) is 3. The van der Waals surface area contributed by atoms with E-state index in [9.17, 15) is 4.79 Å². The van der Waals surface area contributed by atoms with E-state index in [0.717, 1.165) is 43.9 Å². The maximum atomic E-state index is 12.3. The third-order valence-corrected chi connectivity index (χ3v) is 3.73. The molecule has 0 spiro atoms. The summed E-state index contributed by atoms with van der Waals surface area (Å²) in [5, 5.41) is 0. The second-order valence-electron chi connectivity index (χ2n) is 4.84. The molecule has 3 rings (SSSR count). The summed E-state index contributed by atoms with van der Waals surface area (Å²) in [5.74, 6) is 0.249. The van der Waals surface area contributed by atoms with Crippen LogP contribution < -0.4 is 4.90 Å². The first-order valence-corrected chi connectivity index (χ1v) is 6.24. The van der Waals surface area contributed by atoms with Crippen LogP contribution in [0.15, 0.2) is 18.3 Å². The van der Waals surface area contributed by atoms with Crippen LogP contribution in [-0.4, -0.2) is 41.5 Å². The lowest BCUT2D eigenvalue weighted by Gasteiger charge is -2.36. The van der Waals surface area contributed by atoms with Gasteiger partial charge in [-0.25, -0.2) is 0 Å². The Balaban J connectivity index is 1.84. The topological polar surface area (TPSA) is 36.4 Å². The number of pyridine rings is 1. The summed E-state index contributed by atoms with van der Waals surface area (Å²) in [4.78, 5) is 20.8. The first-order valence-electron chi connectivity index (χ1n) is 6.24. The number of carbonyl (C=O) groups excluding carboxylic acids is 1. The van der Waals surface area contributed by atoms with Gasteiger partial charge >= 0.3 is 0 Å². The zero-order valence-electron chi connectivity index (χ0n) is 10.1. The van der Waals surface area contributed by atoms with Gasteiger partial charge in [0.1, 0.15) is 0 Å². The molecule has 0 aromatic carbocycles. The van der Waals surface area contributed by atoms with E-state index in [2.05, 4.69) is 9.88 Å². The van der Waals surface area contributed by atoms with Crippen molar-refractivity contribution < 1.29 is 4.79 Å². The molecule has 2 aliphatic rings. The van der Waals surface area contributed by atoms with Crippen LogP contribution in [0.25, 0.3) is 0 Å². The van der Waals surface area contributed by atoms with Crippen molar-refractivity contribution in [2.24, 2.45) is 0 Å². The van der Waals surface area contributed by atoms with Crippen LogP contribution in [0.4, 0.5) is 5.69 Å². The van der Waals surface area contributed by atoms with Crippen LogP contribution in [0.5, 0.6) is 0 Å². The highest BCUT2D eigenvalue weighted by Gasteiger charge is 2.38. The van der Waals surface area contributed by atoms with Gasteiger partial charge in [-0.2, -0.15) is 0 Å². The van der Waals surface area contributed by atoms with Crippen molar-refractivity contribution in [3.8, 4) is 0 Å². The Morgan fingerprint density at radius 1 is 1.29 bits per heavy atom. The minimum Gasteiger partial charge on any atom is -0.308 e. The number of piperazine rings is 1. The Morgan fingerprint density at radius 3 is 2.94 bits per heavy atom. The molecule has 2 aliphatic heterocycles. The number of hydrogen-bond donors (Lipinski definition) is 0. The summed E-state index contributed by atoms with van der Waals surface area (Å²) >= 11 is 0. The van der Waals surface area contributed by atoms with Crippen LogP contribution in [0, 0.1) is 6.92 Å². The number of anilines is 1. The summed E-state index contributed by atoms with van der Waals surface area (Å²) in [7, 11) is 0. The molecule has 90 valence electrons. The standard InChI is InChI=1S/C13H17N3O/c1-10-4-5-11(9-14-10)16-8-7-15-6-2-3-12(15)13(16)17/h4-5,9,12H,2-3,6-8H2,1H3. The van der Waals surface area contributed by atoms with Crippen molar-refractivity contribution in [2.75, 3.05) is 24.5 Å². The van der Waals surface area contributed by atoms with E-state index in [4.69, 9.17) is 0 Å². The van der Waals surface area contributed by atoms with Crippen LogP contribution in [-0.2, 0) is 4.79 Å². The highest BCUT2D eigenvalue weighted by Crippen LogP contribution is 2.26. The van der Waals surface area contributed by atoms with E-state index in [1.165, 1.54) is 0 Å². The van der Waals surface area contributed by atoms with E-state index in [0.29, 0.717) is 0 Å². The largest absolute Gasteiger partial charge is 0.308 e. The van der Waals surface area contributed by atoms with E-state index in [1.54, 1.807) is 6.20 Å². The van der Waals surface area contributed by atoms with Gasteiger partial charge in [-0.3, -0.25) is 14.7 Å². The highest BCUT2D eigenvalue weighted by atomic mass is 16.2. The van der Waals surface area contributed by atoms with Crippen molar-refractivity contribution in [3.63, 3.8) is 0 Å². The Bertz CT molecular complexity index is 429. The molecule has 0 bridgehead atoms. The van der Waals surface area contributed by atoms with Gasteiger partial charge in [0.25, 0.3) is 0 Å². The Hall–Kier alpha value is -1.42. The fraction of sp³-hybridized carbons (Fsp3) is 0.538. The quantitative estimate of drug-likeness (QED) is 0.728. The van der Waals surface area contributed by atoms with E-state index < -0.39 is 0 Å². The third-order valence-electron chi connectivity index (χ3n) is 3.73. The molecule has 4 heteroatoms. The normalized spacial score (nSPS) is 25.1. The molecule has 3 heterocycles. The number of amides is 1. The maximum absolute atomic E-state index is 12.3. The van der Waals surface area contributed by atoms with Crippen LogP contribution in [0.3, 0.4) is 0 Å². The van der Waals surface area contributed by atoms with Crippen LogP contribution in [0.2, 0.25) is 0 Å². The van der Waals surface area contributed by atoms with Gasteiger partial charge in [-0.15, -0.1) is 0 Å². The predicted molar refractivity (Wildman–Crippen MR) is 65.9 cm³/mol. The fourth-order valence-corrected chi connectivity index (χ4v) is 2.77. The number of carbonyl (C=O) groups is 1. The molecular weight excluding hydrogens is 214 g/mol. The molecule has 17 heavy (non-hydrogen) atoms. The SMILES string of the molecule is Cc1ccc(N2CCN3CCCC3C2=O)cn1. The van der Waals surface area contributed by atoms with Gasteiger partial charge < -0.3 is 4.90 Å². The Morgan fingerprint density at radius 2 is 2.18 bits per heavy atom. The Kier molecular flexibility index (Phi) is 2.59. The third kappa shape index (κ3) is 1.82. The lowest BCUT2D eigenvalue weighted by Crippen LogP contribution is -2.54. The highest BCUT2D eigenvalue weighted by molar-refractivity contribution is 5.98. The molecule has 2 saturated heterocycles. The summed E-state index contributed by atoms with van der Waals surface area (Å²) in [6, 6.07) is 4.07. The van der Waals surface area contributed by atoms with E-state index in [-0.39, 0.29) is 11.9 Å². The Labute approximate surface area is 101 Å². The molecular formula is C13H17N3O. The van der Waals surface area contributed by atoms with Crippen molar-refractivity contribution in [3.05, 3.63) is 24.0 Å². The molecule has 1 aromatic rings. The molecule has 1 atom stereocenters. The summed E-state index contributed by atoms with van der Waals surface area (Å²) in [6.45, 7) is 4.82. The van der Waals surface area contributed by atoms with Gasteiger partial charge in [0.05, 0.1) is 17.9 Å². The van der Waals surface area contributed by atoms with Crippen molar-refractivity contribution in [2.45, 2.75) is 25.8 Å². The molecule has 1 aromatic heterocycles. The first-order chi connectivity index (χ1) is 8.25. The maximum Gasteiger partial charge on any atom is 0.244 e. The second kappa shape index (κ2) is 4.11. The molecule has 1 amide bonds. The molecule has 0 aliphatic carbocycles. The molecule has 0 radical (unpaired) electrons. The van der Waals surface area contributed by atoms with Gasteiger partial charge in [0.2, 0.25) is 5.91 Å². The van der Waals surface area contributed by atoms with Crippen LogP contribution >= 0.6 is 0 Å². The molecule has 2 fully saturated rings. The second-order valence-corrected chi connectivity index (χ2v) is 4.84. The summed E-state index contributed by atoms with van der Waals surface area (Å²) in [5.41, 5.74) is 1.92. The zero-order valence-corrected chi connectivity index (χ0v) is 10.1. The van der Waals surface area contributed by atoms with Crippen molar-refractivity contribution >= 4 is 11.6 Å². The monoisotopic (exact) mass is 231 g/mol. The van der Waals surface area contributed by atoms with E-state index in [1.807, 2.05) is 24.0 Å². The molecule has 4 nitrogen and oxygen atoms in total. The smallest absolute Gasteiger partial charge is 0.244 e. The molecule has 0 N–H and O–H groups in total. The summed E-state index contributed by atoms with van der Waals surface area (Å²) < 4.78 is 0. The number of nitrogens with zero attached hydrogens (tertiary/aromatic N) is 3. The number of aromatic nitrogens is 1. The fourth-order valence-electron chi connectivity index (χ4n) is 2.77. The van der Waals surface area contributed by atoms with Crippen LogP contribution in [0.1, 0.15) is 18.5 Å². The lowest BCUT2D eigenvalue weighted by molar-refractivity contribution is -0.124. The lowest BCUT2D eigenvalue weighted by atomic mass is 10.1. The van der Waals surface area contributed by atoms with Gasteiger partial charge in [0.15, 0.2) is 0 Å². The van der Waals surface area contributed by atoms with Crippen molar-refractivity contribution in [1.82, 2.24) is 9.88 Å². The van der Waals surface area contributed by atoms with Gasteiger partial charge in [-0.1, -0.05) is 0 Å². The molecule has 0 saturated carbocycles. The van der Waals surface area contributed by atoms with E-state index >= 15 is 0 Å². The first kappa shape index (κ1) is 10.7. The number of aryl methyl sites for hydroxylation is 1. The zero-order chi connectivity index (χ0) is 11.8. The number of rotatable bonds is 1. The van der Waals surface area contributed by atoms with Gasteiger partial charge in [-0.05, 0) is 38.4 Å². The average Bonchev–Trinajstić information content (AvgIpc) is 2.80. The average molecular weight is 231 g/mol. The summed E-state index contributed by atoms with van der Waals surface area (Å²) in [6.07, 6.45) is 3.96. The van der Waals surface area contributed by atoms with Crippen molar-refractivity contribution in [1.29, 1.82) is 0 Å². The number of fused-ring (bicyclic) bond motifs is 1.